The van der Waals surface area contributed by atoms with Gasteiger partial charge in [-0.3, -0.25) is 4.79 Å². The number of hydrogen-bond donors (Lipinski definition) is 2. The Morgan fingerprint density at radius 2 is 1.74 bits per heavy atom. The second-order valence-electron chi connectivity index (χ2n) is 6.18. The molecule has 31 heavy (non-hydrogen) atoms. The van der Waals surface area contributed by atoms with Crippen LogP contribution in [0.3, 0.4) is 0 Å². The molecule has 0 saturated carbocycles. The number of furan rings is 1. The van der Waals surface area contributed by atoms with E-state index >= 15 is 0 Å². The molecule has 0 radical (unpaired) electrons. The molecule has 0 atom stereocenters. The Labute approximate surface area is 188 Å². The number of ether oxygens (including phenoxy) is 1. The normalized spacial score (nSPS) is 11.2. The molecule has 3 aromatic rings. The zero-order valence-electron chi connectivity index (χ0n) is 15.8. The number of rotatable bonds is 8. The van der Waals surface area contributed by atoms with E-state index in [2.05, 4.69) is 10.0 Å². The SMILES string of the molecule is O=C(COC(=O)c1ccc(S(=O)(=O)NCc2ccco2)cc1)Nc1ccc(Cl)c(Cl)c1. The molecule has 0 saturated heterocycles. The van der Waals surface area contributed by atoms with Crippen molar-refractivity contribution in [1.29, 1.82) is 0 Å². The van der Waals surface area contributed by atoms with Crippen LogP contribution in [0, 0.1) is 0 Å². The molecule has 0 aliphatic heterocycles. The molecule has 1 amide bonds. The van der Waals surface area contributed by atoms with E-state index in [-0.39, 0.29) is 22.0 Å². The van der Waals surface area contributed by atoms with E-state index in [4.69, 9.17) is 32.4 Å². The zero-order valence-corrected chi connectivity index (χ0v) is 18.1. The second kappa shape index (κ2) is 9.97. The van der Waals surface area contributed by atoms with Crippen LogP contribution in [0.15, 0.2) is 70.2 Å². The van der Waals surface area contributed by atoms with Crippen molar-refractivity contribution in [2.75, 3.05) is 11.9 Å². The maximum absolute atomic E-state index is 12.3. The first-order valence-corrected chi connectivity index (χ1v) is 11.0. The highest BCUT2D eigenvalue weighted by molar-refractivity contribution is 7.89. The number of carbonyl (C=O) groups is 2. The van der Waals surface area contributed by atoms with Gasteiger partial charge < -0.3 is 14.5 Å². The predicted molar refractivity (Wildman–Crippen MR) is 115 cm³/mol. The molecule has 1 aromatic heterocycles. The van der Waals surface area contributed by atoms with Gasteiger partial charge in [0, 0.05) is 5.69 Å². The van der Waals surface area contributed by atoms with Crippen LogP contribution in [0.2, 0.25) is 10.0 Å². The maximum atomic E-state index is 12.3. The minimum absolute atomic E-state index is 0.00688. The molecular formula is C20H16Cl2N2O6S. The first-order chi connectivity index (χ1) is 14.7. The largest absolute Gasteiger partial charge is 0.468 e. The van der Waals surface area contributed by atoms with E-state index in [1.165, 1.54) is 42.7 Å². The Kier molecular flexibility index (Phi) is 7.34. The van der Waals surface area contributed by atoms with E-state index in [9.17, 15) is 18.0 Å². The smallest absolute Gasteiger partial charge is 0.338 e. The molecule has 0 aliphatic rings. The Morgan fingerprint density at radius 1 is 1.00 bits per heavy atom. The van der Waals surface area contributed by atoms with E-state index < -0.39 is 28.5 Å². The number of esters is 1. The predicted octanol–water partition coefficient (Wildman–Crippen LogP) is 3.86. The number of nitrogens with one attached hydrogen (secondary N) is 2. The van der Waals surface area contributed by atoms with Crippen molar-refractivity contribution < 1.29 is 27.2 Å². The van der Waals surface area contributed by atoms with Crippen molar-refractivity contribution in [2.45, 2.75) is 11.4 Å². The molecule has 0 spiro atoms. The Bertz CT molecular complexity index is 1180. The molecule has 162 valence electrons. The van der Waals surface area contributed by atoms with Gasteiger partial charge in [0.25, 0.3) is 5.91 Å². The molecule has 0 bridgehead atoms. The van der Waals surface area contributed by atoms with Crippen LogP contribution in [0.5, 0.6) is 0 Å². The highest BCUT2D eigenvalue weighted by Gasteiger charge is 2.16. The summed E-state index contributed by atoms with van der Waals surface area (Å²) in [5, 5.41) is 3.13. The first kappa shape index (κ1) is 22.8. The molecule has 1 heterocycles. The number of amides is 1. The fraction of sp³-hybridized carbons (Fsp3) is 0.100. The summed E-state index contributed by atoms with van der Waals surface area (Å²) in [7, 11) is -3.79. The van der Waals surface area contributed by atoms with Gasteiger partial charge in [-0.05, 0) is 54.6 Å². The van der Waals surface area contributed by atoms with Crippen LogP contribution < -0.4 is 10.0 Å². The van der Waals surface area contributed by atoms with E-state index in [0.717, 1.165) is 0 Å². The molecule has 0 unspecified atom stereocenters. The molecular weight excluding hydrogens is 467 g/mol. The standard InChI is InChI=1S/C20H16Cl2N2O6S/c21-17-8-5-14(10-18(17)22)24-19(25)12-30-20(26)13-3-6-16(7-4-13)31(27,28)23-11-15-2-1-9-29-15/h1-10,23H,11-12H2,(H,24,25). The summed E-state index contributed by atoms with van der Waals surface area (Å²) in [6, 6.07) is 12.9. The lowest BCUT2D eigenvalue weighted by atomic mass is 10.2. The highest BCUT2D eigenvalue weighted by atomic mass is 35.5. The Balaban J connectivity index is 1.53. The summed E-state index contributed by atoms with van der Waals surface area (Å²) in [6.45, 7) is -0.545. The van der Waals surface area contributed by atoms with E-state index in [1.807, 2.05) is 0 Å². The Morgan fingerprint density at radius 3 is 2.39 bits per heavy atom. The molecule has 2 N–H and O–H groups in total. The lowest BCUT2D eigenvalue weighted by molar-refractivity contribution is -0.119. The zero-order chi connectivity index (χ0) is 22.4. The molecule has 11 heteroatoms. The summed E-state index contributed by atoms with van der Waals surface area (Å²) in [5.41, 5.74) is 0.486. The van der Waals surface area contributed by atoms with Crippen LogP contribution in [0.25, 0.3) is 0 Å². The third-order valence-corrected chi connectivity index (χ3v) is 6.11. The van der Waals surface area contributed by atoms with Gasteiger partial charge in [0.1, 0.15) is 5.76 Å². The molecule has 0 aliphatic carbocycles. The minimum atomic E-state index is -3.79. The maximum Gasteiger partial charge on any atom is 0.338 e. The molecule has 0 fully saturated rings. The van der Waals surface area contributed by atoms with Gasteiger partial charge >= 0.3 is 5.97 Å². The number of carbonyl (C=O) groups excluding carboxylic acids is 2. The summed E-state index contributed by atoms with van der Waals surface area (Å²) in [5.74, 6) is -0.896. The summed E-state index contributed by atoms with van der Waals surface area (Å²) in [4.78, 5) is 24.0. The minimum Gasteiger partial charge on any atom is -0.468 e. The van der Waals surface area contributed by atoms with Crippen molar-refractivity contribution >= 4 is 50.8 Å². The van der Waals surface area contributed by atoms with Crippen LogP contribution in [-0.4, -0.2) is 26.9 Å². The van der Waals surface area contributed by atoms with Crippen molar-refractivity contribution in [3.8, 4) is 0 Å². The third-order valence-electron chi connectivity index (χ3n) is 3.95. The number of benzene rings is 2. The van der Waals surface area contributed by atoms with Crippen LogP contribution >= 0.6 is 23.2 Å². The van der Waals surface area contributed by atoms with Crippen molar-refractivity contribution in [3.63, 3.8) is 0 Å². The van der Waals surface area contributed by atoms with Gasteiger partial charge in [-0.15, -0.1) is 0 Å². The molecule has 3 rings (SSSR count). The van der Waals surface area contributed by atoms with Crippen molar-refractivity contribution in [3.05, 3.63) is 82.2 Å². The fourth-order valence-corrected chi connectivity index (χ4v) is 3.71. The highest BCUT2D eigenvalue weighted by Crippen LogP contribution is 2.25. The number of anilines is 1. The lowest BCUT2D eigenvalue weighted by Crippen LogP contribution is -2.23. The quantitative estimate of drug-likeness (QED) is 0.471. The van der Waals surface area contributed by atoms with Crippen molar-refractivity contribution in [1.82, 2.24) is 4.72 Å². The number of halogens is 2. The fourth-order valence-electron chi connectivity index (χ4n) is 2.42. The monoisotopic (exact) mass is 482 g/mol. The van der Waals surface area contributed by atoms with Gasteiger partial charge in [0.15, 0.2) is 6.61 Å². The van der Waals surface area contributed by atoms with Crippen LogP contribution in [0.1, 0.15) is 16.1 Å². The van der Waals surface area contributed by atoms with Gasteiger partial charge in [-0.2, -0.15) is 0 Å². The van der Waals surface area contributed by atoms with E-state index in [0.29, 0.717) is 16.5 Å². The first-order valence-electron chi connectivity index (χ1n) is 8.79. The Hall–Kier alpha value is -2.85. The third kappa shape index (κ3) is 6.31. The van der Waals surface area contributed by atoms with Gasteiger partial charge in [0.05, 0.1) is 33.3 Å². The van der Waals surface area contributed by atoms with Gasteiger partial charge in [0.2, 0.25) is 10.0 Å². The topological polar surface area (TPSA) is 115 Å². The van der Waals surface area contributed by atoms with Gasteiger partial charge in [-0.25, -0.2) is 17.9 Å². The summed E-state index contributed by atoms with van der Waals surface area (Å²) >= 11 is 11.7. The average molecular weight is 483 g/mol. The average Bonchev–Trinajstić information content (AvgIpc) is 3.27. The lowest BCUT2D eigenvalue weighted by Gasteiger charge is -2.08. The second-order valence-corrected chi connectivity index (χ2v) is 8.76. The molecule has 2 aromatic carbocycles. The molecule has 8 nitrogen and oxygen atoms in total. The number of sulfonamides is 1. The van der Waals surface area contributed by atoms with E-state index in [1.54, 1.807) is 18.2 Å². The van der Waals surface area contributed by atoms with Gasteiger partial charge in [-0.1, -0.05) is 23.2 Å². The van der Waals surface area contributed by atoms with Crippen LogP contribution in [-0.2, 0) is 26.1 Å². The summed E-state index contributed by atoms with van der Waals surface area (Å²) < 4.78 is 37.0. The number of hydrogen-bond acceptors (Lipinski definition) is 6. The summed E-state index contributed by atoms with van der Waals surface area (Å²) in [6.07, 6.45) is 1.44. The van der Waals surface area contributed by atoms with Crippen molar-refractivity contribution in [2.24, 2.45) is 0 Å². The van der Waals surface area contributed by atoms with Crippen LogP contribution in [0.4, 0.5) is 5.69 Å².